The third kappa shape index (κ3) is 16.0. The number of aromatic nitrogens is 4. The van der Waals surface area contributed by atoms with Crippen LogP contribution in [0.3, 0.4) is 0 Å². The molecule has 4 atom stereocenters. The summed E-state index contributed by atoms with van der Waals surface area (Å²) in [7, 11) is 5.86. The van der Waals surface area contributed by atoms with Gasteiger partial charge in [0.2, 0.25) is 0 Å². The third-order valence-corrected chi connectivity index (χ3v) is 11.6. The maximum atomic E-state index is 9.64. The van der Waals surface area contributed by atoms with Crippen LogP contribution in [0.1, 0.15) is 182 Å². The van der Waals surface area contributed by atoms with Crippen LogP contribution in [-0.2, 0) is 0 Å². The molecule has 0 aromatic carbocycles. The molecule has 3 radical (unpaired) electrons. The monoisotopic (exact) mass is 742 g/mol. The van der Waals surface area contributed by atoms with Crippen molar-refractivity contribution in [2.45, 2.75) is 160 Å². The van der Waals surface area contributed by atoms with E-state index in [2.05, 4.69) is 58.0 Å². The van der Waals surface area contributed by atoms with Gasteiger partial charge in [0.25, 0.3) is 0 Å². The van der Waals surface area contributed by atoms with E-state index in [-0.39, 0.29) is 0 Å². The highest BCUT2D eigenvalue weighted by Gasteiger charge is 2.19. The van der Waals surface area contributed by atoms with Gasteiger partial charge in [-0.2, -0.15) is 0 Å². The molecule has 10 heteroatoms. The quantitative estimate of drug-likeness (QED) is 0.0402. The smallest absolute Gasteiger partial charge is 0.450 e. The summed E-state index contributed by atoms with van der Waals surface area (Å²) in [4.78, 5) is 17.5. The molecular weight excluding hydrogens is 677 g/mol. The summed E-state index contributed by atoms with van der Waals surface area (Å²) < 4.78 is 0. The van der Waals surface area contributed by atoms with Gasteiger partial charge in [-0.25, -0.2) is 0 Å². The highest BCUT2D eigenvalue weighted by molar-refractivity contribution is 6.58. The van der Waals surface area contributed by atoms with Crippen LogP contribution in [0.5, 0.6) is 0 Å². The molecule has 4 rings (SSSR count). The van der Waals surface area contributed by atoms with E-state index in [1.165, 1.54) is 106 Å². The third-order valence-electron chi connectivity index (χ3n) is 11.6. The van der Waals surface area contributed by atoms with E-state index in [9.17, 15) is 15.1 Å². The Morgan fingerprint density at radius 2 is 1.07 bits per heavy atom. The second kappa shape index (κ2) is 25.8. The average molecular weight is 741 g/mol. The number of pyridine rings is 4. The van der Waals surface area contributed by atoms with Gasteiger partial charge in [-0.15, -0.1) is 0 Å². The van der Waals surface area contributed by atoms with Crippen LogP contribution >= 0.6 is 0 Å². The molecule has 0 bridgehead atoms. The lowest BCUT2D eigenvalue weighted by molar-refractivity contribution is 0.425. The lowest BCUT2D eigenvalue weighted by atomic mass is 9.79. The van der Waals surface area contributed by atoms with Crippen LogP contribution in [0.25, 0.3) is 0 Å². The van der Waals surface area contributed by atoms with Gasteiger partial charge in [-0.1, -0.05) is 114 Å². The minimum absolute atomic E-state index is 0.347. The summed E-state index contributed by atoms with van der Waals surface area (Å²) in [6.45, 7) is 4.45. The zero-order valence-corrected chi connectivity index (χ0v) is 33.6. The molecule has 0 aliphatic heterocycles. The molecule has 7 nitrogen and oxygen atoms in total. The van der Waals surface area contributed by atoms with Gasteiger partial charge in [0.1, 0.15) is 7.85 Å². The van der Waals surface area contributed by atoms with Crippen LogP contribution in [0.2, 0.25) is 0 Å². The van der Waals surface area contributed by atoms with Gasteiger partial charge in [0.05, 0.1) is 0 Å². The standard InChI is InChI=1S/C45H64B3N4O3/c1-3-5-16-37(41-26-44(47-53)33-51-30-41)18-10-7-6-8-11-19-38(40-25-43(46)32-50-29-40)20-13-9-12-17-36(39-23-15-24-49-28-39)22-14-21-35(4-2)42-27-45(48(54)55)34-52-31-42/h15,23-38,53-55H,3-14,16-22H2,1-2H3. The van der Waals surface area contributed by atoms with E-state index in [4.69, 9.17) is 7.85 Å². The maximum absolute atomic E-state index is 9.64. The summed E-state index contributed by atoms with van der Waals surface area (Å²) in [5.41, 5.74) is 6.94. The lowest BCUT2D eigenvalue weighted by Gasteiger charge is -2.21. The first kappa shape index (κ1) is 44.4. The van der Waals surface area contributed by atoms with E-state index < -0.39 is 7.12 Å². The predicted octanol–water partition coefficient (Wildman–Crippen LogP) is 7.86. The fourth-order valence-corrected chi connectivity index (χ4v) is 8.30. The van der Waals surface area contributed by atoms with Gasteiger partial charge >= 0.3 is 14.6 Å². The van der Waals surface area contributed by atoms with Crippen molar-refractivity contribution in [3.05, 3.63) is 102 Å². The summed E-state index contributed by atoms with van der Waals surface area (Å²) in [6, 6.07) is 10.4. The number of hydrogen-bond donors (Lipinski definition) is 3. The Labute approximate surface area is 334 Å². The number of rotatable bonds is 28. The fourth-order valence-electron chi connectivity index (χ4n) is 8.30. The molecule has 0 spiro atoms. The number of unbranched alkanes of at least 4 members (excludes halogenated alkanes) is 7. The van der Waals surface area contributed by atoms with Crippen LogP contribution in [0, 0.1) is 0 Å². The molecule has 0 aliphatic carbocycles. The number of nitrogens with zero attached hydrogens (tertiary/aromatic N) is 4. The van der Waals surface area contributed by atoms with Crippen molar-refractivity contribution < 1.29 is 15.1 Å². The van der Waals surface area contributed by atoms with Crippen molar-refractivity contribution in [2.75, 3.05) is 0 Å². The molecular formula is C45H64B3N4O3. The molecule has 0 saturated heterocycles. The molecule has 0 amide bonds. The lowest BCUT2D eigenvalue weighted by Crippen LogP contribution is -2.30. The second-order valence-corrected chi connectivity index (χ2v) is 15.7. The Kier molecular flexibility index (Phi) is 20.8. The predicted molar refractivity (Wildman–Crippen MR) is 230 cm³/mol. The summed E-state index contributed by atoms with van der Waals surface area (Å²) in [5, 5.41) is 28.8. The summed E-state index contributed by atoms with van der Waals surface area (Å²) in [5.74, 6) is 1.82. The molecule has 4 heterocycles. The van der Waals surface area contributed by atoms with Crippen molar-refractivity contribution in [3.8, 4) is 0 Å². The Hall–Kier alpha value is -3.33. The van der Waals surface area contributed by atoms with Gasteiger partial charge in [0, 0.05) is 55.0 Å². The van der Waals surface area contributed by atoms with Crippen molar-refractivity contribution >= 4 is 38.8 Å². The maximum Gasteiger partial charge on any atom is 0.490 e. The molecule has 55 heavy (non-hydrogen) atoms. The molecule has 4 aromatic rings. The second-order valence-electron chi connectivity index (χ2n) is 15.7. The molecule has 0 saturated carbocycles. The van der Waals surface area contributed by atoms with Crippen LogP contribution in [0.15, 0.2) is 79.9 Å². The van der Waals surface area contributed by atoms with E-state index in [1.807, 2.05) is 37.1 Å². The Morgan fingerprint density at radius 1 is 0.564 bits per heavy atom. The van der Waals surface area contributed by atoms with Gasteiger partial charge in [0.15, 0.2) is 0 Å². The van der Waals surface area contributed by atoms with E-state index in [0.29, 0.717) is 29.1 Å². The van der Waals surface area contributed by atoms with Crippen molar-refractivity contribution in [3.63, 3.8) is 0 Å². The molecule has 4 aromatic heterocycles. The minimum atomic E-state index is -1.49. The topological polar surface area (TPSA) is 112 Å². The van der Waals surface area contributed by atoms with Gasteiger partial charge in [-0.3, -0.25) is 19.9 Å². The van der Waals surface area contributed by atoms with Gasteiger partial charge in [-0.05, 0) is 109 Å². The van der Waals surface area contributed by atoms with Crippen molar-refractivity contribution in [2.24, 2.45) is 0 Å². The average Bonchev–Trinajstić information content (AvgIpc) is 3.21. The summed E-state index contributed by atoms with van der Waals surface area (Å²) in [6.07, 6.45) is 37.1. The first-order chi connectivity index (χ1) is 26.9. The van der Waals surface area contributed by atoms with Crippen LogP contribution in [-0.4, -0.2) is 57.5 Å². The highest BCUT2D eigenvalue weighted by Crippen LogP contribution is 2.33. The first-order valence-corrected chi connectivity index (χ1v) is 21.2. The Bertz CT molecular complexity index is 1620. The van der Waals surface area contributed by atoms with Crippen molar-refractivity contribution in [1.29, 1.82) is 0 Å². The van der Waals surface area contributed by atoms with Crippen LogP contribution in [0.4, 0.5) is 0 Å². The normalized spacial score (nSPS) is 13.6. The Morgan fingerprint density at radius 3 is 1.65 bits per heavy atom. The molecule has 3 N–H and O–H groups in total. The SMILES string of the molecule is [B]c1cncc(C(CCCCCCCC(CCCC)c2cncc([B]O)c2)CCCCCC(CCCC(CC)c2cncc(B(O)O)c2)c2cccnc2)c1. The zero-order valence-electron chi connectivity index (χ0n) is 33.6. The highest BCUT2D eigenvalue weighted by atomic mass is 16.4. The number of hydrogen-bond acceptors (Lipinski definition) is 7. The first-order valence-electron chi connectivity index (χ1n) is 21.2. The van der Waals surface area contributed by atoms with E-state index in [1.54, 1.807) is 12.4 Å². The van der Waals surface area contributed by atoms with Crippen LogP contribution < -0.4 is 16.4 Å². The fraction of sp³-hybridized carbons (Fsp3) is 0.556. The Balaban J connectivity index is 1.22. The molecule has 291 valence electrons. The largest absolute Gasteiger partial charge is 0.490 e. The zero-order chi connectivity index (χ0) is 39.1. The molecule has 0 fully saturated rings. The molecule has 0 aliphatic rings. The van der Waals surface area contributed by atoms with E-state index in [0.717, 1.165) is 62.5 Å². The molecule has 4 unspecified atom stereocenters. The van der Waals surface area contributed by atoms with Crippen molar-refractivity contribution in [1.82, 2.24) is 19.9 Å². The minimum Gasteiger partial charge on any atom is -0.450 e. The van der Waals surface area contributed by atoms with Gasteiger partial charge < -0.3 is 15.1 Å². The summed E-state index contributed by atoms with van der Waals surface area (Å²) >= 11 is 0. The van der Waals surface area contributed by atoms with E-state index >= 15 is 0 Å².